The number of hydrogen-bond acceptors (Lipinski definition) is 8. The molecule has 1 fully saturated rings. The van der Waals surface area contributed by atoms with Crippen LogP contribution in [-0.4, -0.2) is 73.8 Å². The van der Waals surface area contributed by atoms with Crippen molar-refractivity contribution < 1.29 is 23.8 Å². The number of nitrogens with zero attached hydrogens (tertiary/aromatic N) is 4. The Balaban J connectivity index is 1.32. The highest BCUT2D eigenvalue weighted by atomic mass is 16.5. The zero-order chi connectivity index (χ0) is 24.8. The fourth-order valence-electron chi connectivity index (χ4n) is 3.92. The van der Waals surface area contributed by atoms with Crippen LogP contribution in [0.25, 0.3) is 11.3 Å². The lowest BCUT2D eigenvalue weighted by Crippen LogP contribution is -2.50. The quantitative estimate of drug-likeness (QED) is 0.458. The molecular weight excluding hydrogens is 448 g/mol. The van der Waals surface area contributed by atoms with E-state index in [9.17, 15) is 9.59 Å². The normalized spacial score (nSPS) is 13.3. The predicted molar refractivity (Wildman–Crippen MR) is 131 cm³/mol. The first kappa shape index (κ1) is 24.0. The predicted octanol–water partition coefficient (Wildman–Crippen LogP) is 3.09. The van der Waals surface area contributed by atoms with Crippen molar-refractivity contribution in [2.45, 2.75) is 6.92 Å². The Morgan fingerprint density at radius 3 is 2.26 bits per heavy atom. The summed E-state index contributed by atoms with van der Waals surface area (Å²) in [4.78, 5) is 28.1. The van der Waals surface area contributed by atoms with Gasteiger partial charge in [0.2, 0.25) is 0 Å². The van der Waals surface area contributed by atoms with Gasteiger partial charge < -0.3 is 24.0 Å². The molecule has 9 nitrogen and oxygen atoms in total. The first-order valence-corrected chi connectivity index (χ1v) is 11.3. The molecule has 1 aliphatic rings. The van der Waals surface area contributed by atoms with E-state index in [1.165, 1.54) is 14.0 Å². The zero-order valence-corrected chi connectivity index (χ0v) is 20.1. The van der Waals surface area contributed by atoms with Crippen LogP contribution < -0.4 is 19.1 Å². The molecule has 0 N–H and O–H groups in total. The number of ketones is 1. The number of benzene rings is 2. The molecule has 1 aromatic heterocycles. The van der Waals surface area contributed by atoms with E-state index in [0.717, 1.165) is 22.8 Å². The molecule has 0 aliphatic carbocycles. The molecule has 1 saturated heterocycles. The summed E-state index contributed by atoms with van der Waals surface area (Å²) in [5.74, 6) is 2.18. The molecule has 0 saturated carbocycles. The largest absolute Gasteiger partial charge is 0.496 e. The van der Waals surface area contributed by atoms with Crippen LogP contribution in [0, 0.1) is 0 Å². The molecule has 35 heavy (non-hydrogen) atoms. The zero-order valence-electron chi connectivity index (χ0n) is 20.1. The first-order chi connectivity index (χ1) is 17.0. The van der Waals surface area contributed by atoms with Gasteiger partial charge in [-0.3, -0.25) is 9.59 Å². The fourth-order valence-corrected chi connectivity index (χ4v) is 3.92. The Kier molecular flexibility index (Phi) is 7.45. The molecule has 0 unspecified atom stereocenters. The van der Waals surface area contributed by atoms with Gasteiger partial charge in [-0.25, -0.2) is 0 Å². The highest BCUT2D eigenvalue weighted by molar-refractivity contribution is 5.94. The third kappa shape index (κ3) is 5.51. The Morgan fingerprint density at radius 2 is 1.60 bits per heavy atom. The number of aromatic nitrogens is 2. The lowest BCUT2D eigenvalue weighted by Gasteiger charge is -2.35. The van der Waals surface area contributed by atoms with E-state index in [4.69, 9.17) is 14.2 Å². The molecule has 1 amide bonds. The van der Waals surface area contributed by atoms with Gasteiger partial charge in [-0.1, -0.05) is 12.1 Å². The van der Waals surface area contributed by atoms with Gasteiger partial charge in [0.15, 0.2) is 29.7 Å². The number of ether oxygens (including phenoxy) is 3. The molecular formula is C26H28N4O5. The topological polar surface area (TPSA) is 94.1 Å². The van der Waals surface area contributed by atoms with E-state index in [1.807, 2.05) is 36.4 Å². The number of methoxy groups -OCH3 is 2. The van der Waals surface area contributed by atoms with Gasteiger partial charge in [-0.05, 0) is 49.4 Å². The fraction of sp³-hybridized carbons (Fsp3) is 0.308. The molecule has 9 heteroatoms. The van der Waals surface area contributed by atoms with E-state index in [2.05, 4.69) is 15.1 Å². The number of piperazine rings is 1. The van der Waals surface area contributed by atoms with Gasteiger partial charge in [-0.15, -0.1) is 10.2 Å². The highest BCUT2D eigenvalue weighted by Crippen LogP contribution is 2.29. The van der Waals surface area contributed by atoms with E-state index >= 15 is 0 Å². The second-order valence-electron chi connectivity index (χ2n) is 8.06. The number of Topliss-reactive ketones (excluding diaryl/α,β-unsaturated/α-hetero) is 1. The van der Waals surface area contributed by atoms with Crippen LogP contribution in [0.5, 0.6) is 17.2 Å². The van der Waals surface area contributed by atoms with E-state index in [-0.39, 0.29) is 18.3 Å². The average molecular weight is 477 g/mol. The van der Waals surface area contributed by atoms with Crippen molar-refractivity contribution in [2.24, 2.45) is 0 Å². The van der Waals surface area contributed by atoms with E-state index < -0.39 is 0 Å². The van der Waals surface area contributed by atoms with E-state index in [0.29, 0.717) is 43.2 Å². The van der Waals surface area contributed by atoms with Crippen LogP contribution >= 0.6 is 0 Å². The molecule has 3 aromatic rings. The molecule has 2 heterocycles. The van der Waals surface area contributed by atoms with Crippen molar-refractivity contribution in [1.82, 2.24) is 15.1 Å². The van der Waals surface area contributed by atoms with Crippen LogP contribution in [0.1, 0.15) is 17.3 Å². The van der Waals surface area contributed by atoms with Crippen LogP contribution in [0.3, 0.4) is 0 Å². The number of carbonyl (C=O) groups excluding carboxylic acids is 2. The van der Waals surface area contributed by atoms with Gasteiger partial charge in [0.1, 0.15) is 5.75 Å². The lowest BCUT2D eigenvalue weighted by atomic mass is 10.1. The third-order valence-corrected chi connectivity index (χ3v) is 5.91. The Hall–Kier alpha value is -4.14. The van der Waals surface area contributed by atoms with Gasteiger partial charge >= 0.3 is 0 Å². The van der Waals surface area contributed by atoms with Crippen molar-refractivity contribution in [2.75, 3.05) is 51.9 Å². The lowest BCUT2D eigenvalue weighted by molar-refractivity contribution is -0.133. The number of para-hydroxylation sites is 1. The van der Waals surface area contributed by atoms with Gasteiger partial charge in [0.25, 0.3) is 5.91 Å². The first-order valence-electron chi connectivity index (χ1n) is 11.3. The SMILES string of the molecule is COc1cc(C(C)=O)ccc1OCC(=O)N1CCN(c2ccc(-c3ccccc3OC)nn2)CC1. The minimum atomic E-state index is -0.111. The van der Waals surface area contributed by atoms with Crippen molar-refractivity contribution in [1.29, 1.82) is 0 Å². The number of carbonyl (C=O) groups is 2. The monoisotopic (exact) mass is 476 g/mol. The van der Waals surface area contributed by atoms with Crippen molar-refractivity contribution >= 4 is 17.5 Å². The Labute approximate surface area is 204 Å². The molecule has 4 rings (SSSR count). The smallest absolute Gasteiger partial charge is 0.260 e. The van der Waals surface area contributed by atoms with Crippen LogP contribution in [-0.2, 0) is 4.79 Å². The number of hydrogen-bond donors (Lipinski definition) is 0. The van der Waals surface area contributed by atoms with Crippen molar-refractivity contribution in [3.05, 3.63) is 60.2 Å². The summed E-state index contributed by atoms with van der Waals surface area (Å²) in [7, 11) is 3.13. The van der Waals surface area contributed by atoms with Gasteiger partial charge in [0, 0.05) is 37.3 Å². The summed E-state index contributed by atoms with van der Waals surface area (Å²) < 4.78 is 16.4. The summed E-state index contributed by atoms with van der Waals surface area (Å²) >= 11 is 0. The maximum Gasteiger partial charge on any atom is 0.260 e. The molecule has 2 aromatic carbocycles. The van der Waals surface area contributed by atoms with Gasteiger partial charge in [-0.2, -0.15) is 0 Å². The average Bonchev–Trinajstić information content (AvgIpc) is 2.91. The summed E-state index contributed by atoms with van der Waals surface area (Å²) in [5.41, 5.74) is 2.15. The summed E-state index contributed by atoms with van der Waals surface area (Å²) in [6, 6.07) is 16.5. The van der Waals surface area contributed by atoms with Crippen molar-refractivity contribution in [3.8, 4) is 28.5 Å². The standard InChI is InChI=1S/C26H28N4O5/c1-18(31)19-8-10-23(24(16-19)34-3)35-17-26(32)30-14-12-29(13-15-30)25-11-9-21(27-28-25)20-6-4-5-7-22(20)33-2/h4-11,16H,12-15,17H2,1-3H3. The van der Waals surface area contributed by atoms with Crippen molar-refractivity contribution in [3.63, 3.8) is 0 Å². The number of anilines is 1. The maximum atomic E-state index is 12.7. The Morgan fingerprint density at radius 1 is 0.857 bits per heavy atom. The number of rotatable bonds is 8. The second-order valence-corrected chi connectivity index (χ2v) is 8.06. The van der Waals surface area contributed by atoms with Crippen LogP contribution in [0.2, 0.25) is 0 Å². The van der Waals surface area contributed by atoms with Gasteiger partial charge in [0.05, 0.1) is 19.9 Å². The molecule has 0 bridgehead atoms. The molecule has 0 spiro atoms. The van der Waals surface area contributed by atoms with Crippen LogP contribution in [0.4, 0.5) is 5.82 Å². The minimum absolute atomic E-state index is 0.0667. The highest BCUT2D eigenvalue weighted by Gasteiger charge is 2.23. The minimum Gasteiger partial charge on any atom is -0.496 e. The summed E-state index contributed by atoms with van der Waals surface area (Å²) in [6.07, 6.45) is 0. The third-order valence-electron chi connectivity index (χ3n) is 5.91. The Bertz CT molecular complexity index is 1190. The summed E-state index contributed by atoms with van der Waals surface area (Å²) in [5, 5.41) is 8.77. The number of amides is 1. The molecule has 0 atom stereocenters. The maximum absolute atomic E-state index is 12.7. The molecule has 0 radical (unpaired) electrons. The van der Waals surface area contributed by atoms with E-state index in [1.54, 1.807) is 30.2 Å². The molecule has 182 valence electrons. The molecule has 1 aliphatic heterocycles. The van der Waals surface area contributed by atoms with Crippen LogP contribution in [0.15, 0.2) is 54.6 Å². The second kappa shape index (κ2) is 10.9. The summed E-state index contributed by atoms with van der Waals surface area (Å²) in [6.45, 7) is 3.77.